The molecule has 0 aliphatic rings. The van der Waals surface area contributed by atoms with Crippen LogP contribution in [0.25, 0.3) is 0 Å². The number of hydrogen-bond acceptors (Lipinski definition) is 1. The van der Waals surface area contributed by atoms with Gasteiger partial charge in [-0.25, -0.2) is 0 Å². The zero-order valence-corrected chi connectivity index (χ0v) is 8.53. The van der Waals surface area contributed by atoms with Gasteiger partial charge >= 0.3 is 50.7 Å². The number of carbonyl (C=O) groups excluding carboxylic acids is 1. The molecule has 1 nitrogen and oxygen atoms in total. The molecule has 0 heterocycles. The first-order valence-electron chi connectivity index (χ1n) is 1.85. The molecule has 0 unspecified atom stereocenters. The summed E-state index contributed by atoms with van der Waals surface area (Å²) in [5.41, 5.74) is 0. The minimum Gasteiger partial charge on any atom is 0 e. The Morgan fingerprint density at radius 2 is 2.14 bits per heavy atom. The quantitative estimate of drug-likeness (QED) is 0.624. The van der Waals surface area contributed by atoms with Crippen LogP contribution in [0.1, 0.15) is 13.3 Å². The van der Waals surface area contributed by atoms with E-state index in [0.717, 1.165) is 10.9 Å². The van der Waals surface area contributed by atoms with Crippen molar-refractivity contribution in [3.05, 3.63) is 0 Å². The molecule has 46 valence electrons. The third-order valence-electron chi connectivity index (χ3n) is 0.454. The van der Waals surface area contributed by atoms with E-state index in [1.807, 2.05) is 22.3 Å². The molecule has 0 atom stereocenters. The monoisotopic (exact) mass is 398 g/mol. The third kappa shape index (κ3) is 11.0. The molecule has 7 heavy (non-hydrogen) atoms. The molecule has 0 fully saturated rings. The molecule has 3 heteroatoms. The summed E-state index contributed by atoms with van der Waals surface area (Å²) in [7, 11) is 0. The van der Waals surface area contributed by atoms with Crippen LogP contribution < -0.4 is 0 Å². The van der Waals surface area contributed by atoms with E-state index in [2.05, 4.69) is 0 Å². The summed E-state index contributed by atoms with van der Waals surface area (Å²) in [6.07, 6.45) is 0.741. The number of rotatable bonds is 2. The van der Waals surface area contributed by atoms with E-state index in [4.69, 9.17) is 0 Å². The molecule has 0 aromatic rings. The van der Waals surface area contributed by atoms with Gasteiger partial charge in [0.1, 0.15) is 0 Å². The zero-order valence-electron chi connectivity index (χ0n) is 4.03. The second kappa shape index (κ2) is 7.20. The zero-order chi connectivity index (χ0) is 4.99. The molecule has 0 amide bonds. The average molecular weight is 396 g/mol. The predicted octanol–water partition coefficient (Wildman–Crippen LogP) is 0.550. The molecule has 0 aliphatic heterocycles. The average Bonchev–Trinajstić information content (AvgIpc) is 1.35. The van der Waals surface area contributed by atoms with Gasteiger partial charge in [-0.15, -0.1) is 0 Å². The summed E-state index contributed by atoms with van der Waals surface area (Å²) in [5.74, 6) is 0.292. The van der Waals surface area contributed by atoms with Crippen molar-refractivity contribution in [2.75, 3.05) is 0 Å². The van der Waals surface area contributed by atoms with Crippen LogP contribution in [0.2, 0.25) is 4.47 Å². The Morgan fingerprint density at radius 1 is 1.71 bits per heavy atom. The minimum atomic E-state index is 0. The minimum absolute atomic E-state index is 0. The van der Waals surface area contributed by atoms with Crippen LogP contribution in [0.5, 0.6) is 0 Å². The summed E-state index contributed by atoms with van der Waals surface area (Å²) in [6, 6.07) is 0. The van der Waals surface area contributed by atoms with Crippen LogP contribution in [0.4, 0.5) is 0 Å². The van der Waals surface area contributed by atoms with Crippen molar-refractivity contribution in [2.45, 2.75) is 17.8 Å². The van der Waals surface area contributed by atoms with E-state index in [1.54, 1.807) is 6.92 Å². The van der Waals surface area contributed by atoms with Gasteiger partial charge in [-0.2, -0.15) is 0 Å². The number of carbonyl (C=O) groups is 1. The third-order valence-corrected chi connectivity index (χ3v) is 1.04. The van der Waals surface area contributed by atoms with Crippen LogP contribution in [-0.4, -0.2) is 28.1 Å². The van der Waals surface area contributed by atoms with Crippen molar-refractivity contribution in [2.24, 2.45) is 0 Å². The van der Waals surface area contributed by atoms with Crippen molar-refractivity contribution in [1.29, 1.82) is 0 Å². The van der Waals surface area contributed by atoms with Gasteiger partial charge in [0.15, 0.2) is 0 Å². The fourth-order valence-corrected chi connectivity index (χ4v) is 0.964. The molecule has 0 saturated carbocycles. The predicted molar refractivity (Wildman–Crippen MR) is 25.9 cm³/mol. The summed E-state index contributed by atoms with van der Waals surface area (Å²) < 4.78 is 0.991. The SMILES string of the molecule is CC(=O)CC[Te].[Au]. The summed E-state index contributed by atoms with van der Waals surface area (Å²) in [4.78, 5) is 10.0. The van der Waals surface area contributed by atoms with Crippen molar-refractivity contribution in [1.82, 2.24) is 0 Å². The number of Topliss-reactive ketones (excluding diaryl/α,β-unsaturated/α-hetero) is 1. The van der Waals surface area contributed by atoms with Gasteiger partial charge in [0.2, 0.25) is 0 Å². The van der Waals surface area contributed by atoms with Gasteiger partial charge < -0.3 is 0 Å². The molecule has 0 aromatic heterocycles. The van der Waals surface area contributed by atoms with E-state index in [-0.39, 0.29) is 22.4 Å². The van der Waals surface area contributed by atoms with Gasteiger partial charge in [-0.1, -0.05) is 0 Å². The molecule has 0 bridgehead atoms. The summed E-state index contributed by atoms with van der Waals surface area (Å²) >= 11 is 1.94. The van der Waals surface area contributed by atoms with Crippen molar-refractivity contribution in [3.8, 4) is 0 Å². The van der Waals surface area contributed by atoms with Gasteiger partial charge in [0.05, 0.1) is 0 Å². The maximum Gasteiger partial charge on any atom is 0 e. The van der Waals surface area contributed by atoms with E-state index in [0.29, 0.717) is 5.78 Å². The smallest absolute Gasteiger partial charge is 0 e. The van der Waals surface area contributed by atoms with Crippen LogP contribution in [0.15, 0.2) is 0 Å². The maximum absolute atomic E-state index is 10.0. The Kier molecular flexibility index (Phi) is 11.4. The second-order valence-electron chi connectivity index (χ2n) is 1.16. The first-order chi connectivity index (χ1) is 2.77. The Morgan fingerprint density at radius 3 is 2.14 bits per heavy atom. The molecule has 0 saturated heterocycles. The molecule has 0 spiro atoms. The molecule has 0 rings (SSSR count). The summed E-state index contributed by atoms with van der Waals surface area (Å²) in [5, 5.41) is 0. The number of ketones is 1. The normalized spacial score (nSPS) is 7.14. The first-order valence-corrected chi connectivity index (χ1v) is 3.49. The van der Waals surface area contributed by atoms with Crippen LogP contribution in [-0.2, 0) is 27.2 Å². The Balaban J connectivity index is 0. The first kappa shape index (κ1) is 11.1. The maximum atomic E-state index is 10.0. The molecule has 2 radical (unpaired) electrons. The van der Waals surface area contributed by atoms with Gasteiger partial charge in [-0.3, -0.25) is 0 Å². The van der Waals surface area contributed by atoms with Crippen LogP contribution in [0, 0.1) is 0 Å². The fraction of sp³-hybridized carbons (Fsp3) is 0.750. The molecular formula is C4H7AuOTe. The van der Waals surface area contributed by atoms with Crippen molar-refractivity contribution < 1.29 is 27.2 Å². The Hall–Kier alpha value is 1.20. The molecule has 0 aliphatic carbocycles. The van der Waals surface area contributed by atoms with Crippen molar-refractivity contribution >= 4 is 28.1 Å². The Labute approximate surface area is 72.7 Å². The van der Waals surface area contributed by atoms with E-state index < -0.39 is 0 Å². The molecule has 0 aromatic carbocycles. The van der Waals surface area contributed by atoms with Gasteiger partial charge in [0, 0.05) is 22.4 Å². The largest absolute Gasteiger partial charge is 0 e. The topological polar surface area (TPSA) is 17.1 Å². The van der Waals surface area contributed by atoms with Gasteiger partial charge in [0.25, 0.3) is 0 Å². The standard InChI is InChI=1S/C4H7OTe.Au/c1-4(5)2-3-6;/h2-3H2,1H3;. The molecular weight excluding hydrogens is 389 g/mol. The summed E-state index contributed by atoms with van der Waals surface area (Å²) in [6.45, 7) is 1.62. The van der Waals surface area contributed by atoms with Crippen molar-refractivity contribution in [3.63, 3.8) is 0 Å². The van der Waals surface area contributed by atoms with Crippen LogP contribution in [0.3, 0.4) is 0 Å². The van der Waals surface area contributed by atoms with Crippen LogP contribution >= 0.6 is 0 Å². The fourth-order valence-electron chi connectivity index (χ4n) is 0.144. The second-order valence-corrected chi connectivity index (χ2v) is 2.32. The molecule has 0 N–H and O–H groups in total. The van der Waals surface area contributed by atoms with E-state index in [1.165, 1.54) is 0 Å². The Bertz CT molecular complexity index is 55.7. The van der Waals surface area contributed by atoms with Gasteiger partial charge in [-0.05, 0) is 0 Å². The van der Waals surface area contributed by atoms with E-state index >= 15 is 0 Å². The van der Waals surface area contributed by atoms with E-state index in [9.17, 15) is 4.79 Å². The number of hydrogen-bond donors (Lipinski definition) is 0.